The monoisotopic (exact) mass is 236 g/mol. The first kappa shape index (κ1) is 12.1. The summed E-state index contributed by atoms with van der Waals surface area (Å²) in [6, 6.07) is 9.60. The van der Waals surface area contributed by atoms with Crippen molar-refractivity contribution in [1.82, 2.24) is 0 Å². The van der Waals surface area contributed by atoms with Crippen molar-refractivity contribution in [1.29, 1.82) is 0 Å². The van der Waals surface area contributed by atoms with E-state index in [0.29, 0.717) is 13.2 Å². The number of hydrogen-bond donors (Lipinski definition) is 0. The molecule has 0 amide bonds. The summed E-state index contributed by atoms with van der Waals surface area (Å²) in [5, 5.41) is 0. The number of carbonyl (C=O) groups excluding carboxylic acids is 1. The third-order valence-electron chi connectivity index (χ3n) is 2.71. The maximum absolute atomic E-state index is 11.9. The molecule has 0 bridgehead atoms. The summed E-state index contributed by atoms with van der Waals surface area (Å²) in [5.74, 6) is -0.277. The molecule has 0 aliphatic carbocycles. The lowest BCUT2D eigenvalue weighted by Gasteiger charge is -2.30. The minimum atomic E-state index is -0.687. The number of hydrogen-bond acceptors (Lipinski definition) is 4. The molecule has 2 rings (SSSR count). The van der Waals surface area contributed by atoms with Crippen LogP contribution in [-0.4, -0.2) is 26.0 Å². The molecular formula is C13H16O4. The zero-order chi connectivity index (χ0) is 12.1. The minimum absolute atomic E-state index is 0.252. The Labute approximate surface area is 100 Å². The SMILES string of the molecule is CC1(C(=O)OCc2ccccc2)COCOC1. The lowest BCUT2D eigenvalue weighted by molar-refractivity contribution is -0.192. The van der Waals surface area contributed by atoms with E-state index in [-0.39, 0.29) is 19.4 Å². The van der Waals surface area contributed by atoms with Gasteiger partial charge >= 0.3 is 5.97 Å². The van der Waals surface area contributed by atoms with Crippen molar-refractivity contribution >= 4 is 5.97 Å². The average Bonchev–Trinajstić information content (AvgIpc) is 2.38. The van der Waals surface area contributed by atoms with Gasteiger partial charge in [-0.3, -0.25) is 4.79 Å². The Balaban J connectivity index is 1.88. The number of ether oxygens (including phenoxy) is 3. The smallest absolute Gasteiger partial charge is 0.316 e. The molecule has 0 radical (unpaired) electrons. The van der Waals surface area contributed by atoms with Crippen LogP contribution in [0.2, 0.25) is 0 Å². The Bertz CT molecular complexity index is 368. The van der Waals surface area contributed by atoms with Crippen LogP contribution in [0, 0.1) is 5.41 Å². The Morgan fingerprint density at radius 3 is 2.59 bits per heavy atom. The van der Waals surface area contributed by atoms with Crippen molar-refractivity contribution in [3.63, 3.8) is 0 Å². The van der Waals surface area contributed by atoms with Gasteiger partial charge in [0.05, 0.1) is 13.2 Å². The Hall–Kier alpha value is -1.39. The predicted molar refractivity (Wildman–Crippen MR) is 61.1 cm³/mol. The fraction of sp³-hybridized carbons (Fsp3) is 0.462. The molecule has 4 nitrogen and oxygen atoms in total. The molecule has 1 aliphatic heterocycles. The summed E-state index contributed by atoms with van der Waals surface area (Å²) in [5.41, 5.74) is 0.287. The maximum atomic E-state index is 11.9. The first-order valence-corrected chi connectivity index (χ1v) is 5.57. The highest BCUT2D eigenvalue weighted by molar-refractivity contribution is 5.76. The van der Waals surface area contributed by atoms with Crippen LogP contribution in [0.15, 0.2) is 30.3 Å². The van der Waals surface area contributed by atoms with Crippen LogP contribution < -0.4 is 0 Å². The molecule has 17 heavy (non-hydrogen) atoms. The molecule has 1 aromatic carbocycles. The summed E-state index contributed by atoms with van der Waals surface area (Å²) in [4.78, 5) is 11.9. The molecular weight excluding hydrogens is 220 g/mol. The molecule has 0 aromatic heterocycles. The van der Waals surface area contributed by atoms with Gasteiger partial charge < -0.3 is 14.2 Å². The molecule has 1 heterocycles. The number of rotatable bonds is 3. The molecule has 1 aromatic rings. The van der Waals surface area contributed by atoms with Crippen molar-refractivity contribution in [2.45, 2.75) is 13.5 Å². The third kappa shape index (κ3) is 3.05. The van der Waals surface area contributed by atoms with Gasteiger partial charge in [-0.25, -0.2) is 0 Å². The van der Waals surface area contributed by atoms with E-state index in [1.807, 2.05) is 30.3 Å². The first-order valence-electron chi connectivity index (χ1n) is 5.57. The van der Waals surface area contributed by atoms with E-state index in [2.05, 4.69) is 0 Å². The van der Waals surface area contributed by atoms with Crippen molar-refractivity contribution in [2.75, 3.05) is 20.0 Å². The Morgan fingerprint density at radius 2 is 1.94 bits per heavy atom. The highest BCUT2D eigenvalue weighted by Crippen LogP contribution is 2.23. The van der Waals surface area contributed by atoms with Crippen LogP contribution in [0.5, 0.6) is 0 Å². The molecule has 1 fully saturated rings. The van der Waals surface area contributed by atoms with Crippen LogP contribution in [0.1, 0.15) is 12.5 Å². The molecule has 0 N–H and O–H groups in total. The summed E-state index contributed by atoms with van der Waals surface area (Å²) in [6.07, 6.45) is 0. The molecule has 1 aliphatic rings. The van der Waals surface area contributed by atoms with E-state index in [0.717, 1.165) is 5.56 Å². The van der Waals surface area contributed by atoms with Crippen LogP contribution in [0.25, 0.3) is 0 Å². The lowest BCUT2D eigenvalue weighted by Crippen LogP contribution is -2.42. The number of benzene rings is 1. The Kier molecular flexibility index (Phi) is 3.76. The predicted octanol–water partition coefficient (Wildman–Crippen LogP) is 1.74. The third-order valence-corrected chi connectivity index (χ3v) is 2.71. The van der Waals surface area contributed by atoms with Gasteiger partial charge in [0.25, 0.3) is 0 Å². The normalized spacial score (nSPS) is 18.6. The topological polar surface area (TPSA) is 44.8 Å². The van der Waals surface area contributed by atoms with E-state index in [1.165, 1.54) is 0 Å². The fourth-order valence-electron chi connectivity index (χ4n) is 1.65. The van der Waals surface area contributed by atoms with Gasteiger partial charge in [-0.2, -0.15) is 0 Å². The van der Waals surface area contributed by atoms with Crippen LogP contribution in [0.4, 0.5) is 0 Å². The summed E-state index contributed by atoms with van der Waals surface area (Å²) < 4.78 is 15.5. The zero-order valence-electron chi connectivity index (χ0n) is 9.85. The molecule has 1 saturated heterocycles. The quantitative estimate of drug-likeness (QED) is 0.750. The molecule has 0 saturated carbocycles. The second kappa shape index (κ2) is 5.29. The van der Waals surface area contributed by atoms with Crippen LogP contribution >= 0.6 is 0 Å². The van der Waals surface area contributed by atoms with Gasteiger partial charge in [-0.15, -0.1) is 0 Å². The minimum Gasteiger partial charge on any atom is -0.460 e. The van der Waals surface area contributed by atoms with Crippen molar-refractivity contribution in [2.24, 2.45) is 5.41 Å². The first-order chi connectivity index (χ1) is 8.21. The lowest BCUT2D eigenvalue weighted by atomic mass is 9.93. The fourth-order valence-corrected chi connectivity index (χ4v) is 1.65. The molecule has 4 heteroatoms. The van der Waals surface area contributed by atoms with Crippen molar-refractivity contribution in [3.8, 4) is 0 Å². The number of carbonyl (C=O) groups is 1. The second-order valence-corrected chi connectivity index (χ2v) is 4.44. The van der Waals surface area contributed by atoms with Gasteiger partial charge in [-0.05, 0) is 12.5 Å². The highest BCUT2D eigenvalue weighted by atomic mass is 16.7. The van der Waals surface area contributed by atoms with E-state index in [1.54, 1.807) is 6.92 Å². The summed E-state index contributed by atoms with van der Waals surface area (Å²) in [7, 11) is 0. The van der Waals surface area contributed by atoms with E-state index >= 15 is 0 Å². The standard InChI is InChI=1S/C13H16O4/c1-13(8-15-10-16-9-13)12(14)17-7-11-5-3-2-4-6-11/h2-6H,7-10H2,1H3. The van der Waals surface area contributed by atoms with Crippen LogP contribution in [0.3, 0.4) is 0 Å². The summed E-state index contributed by atoms with van der Waals surface area (Å²) in [6.45, 7) is 3.03. The van der Waals surface area contributed by atoms with Gasteiger partial charge in [0.1, 0.15) is 18.8 Å². The van der Waals surface area contributed by atoms with Gasteiger partial charge in [0.15, 0.2) is 0 Å². The largest absolute Gasteiger partial charge is 0.460 e. The molecule has 0 unspecified atom stereocenters. The van der Waals surface area contributed by atoms with Gasteiger partial charge in [-0.1, -0.05) is 30.3 Å². The van der Waals surface area contributed by atoms with E-state index < -0.39 is 5.41 Å². The Morgan fingerprint density at radius 1 is 1.29 bits per heavy atom. The van der Waals surface area contributed by atoms with E-state index in [9.17, 15) is 4.79 Å². The summed E-state index contributed by atoms with van der Waals surface area (Å²) >= 11 is 0. The average molecular weight is 236 g/mol. The highest BCUT2D eigenvalue weighted by Gasteiger charge is 2.38. The van der Waals surface area contributed by atoms with Crippen LogP contribution in [-0.2, 0) is 25.6 Å². The molecule has 92 valence electrons. The van der Waals surface area contributed by atoms with E-state index in [4.69, 9.17) is 14.2 Å². The van der Waals surface area contributed by atoms with Gasteiger partial charge in [0, 0.05) is 0 Å². The van der Waals surface area contributed by atoms with Crippen molar-refractivity contribution in [3.05, 3.63) is 35.9 Å². The maximum Gasteiger partial charge on any atom is 0.316 e. The van der Waals surface area contributed by atoms with Gasteiger partial charge in [0.2, 0.25) is 0 Å². The second-order valence-electron chi connectivity index (χ2n) is 4.44. The molecule has 0 atom stereocenters. The number of esters is 1. The zero-order valence-corrected chi connectivity index (χ0v) is 9.85. The van der Waals surface area contributed by atoms with Crippen molar-refractivity contribution < 1.29 is 19.0 Å². The molecule has 0 spiro atoms.